The molecule has 1 saturated heterocycles. The molecule has 1 aromatic carbocycles. The molecule has 0 saturated carbocycles. The van der Waals surface area contributed by atoms with Gasteiger partial charge in [-0.05, 0) is 34.1 Å². The smallest absolute Gasteiger partial charge is 0.207 e. The molecular formula is C10H11BrFNO2S2. The first-order valence-corrected chi connectivity index (χ1v) is 8.43. The number of rotatable bonds is 2. The summed E-state index contributed by atoms with van der Waals surface area (Å²) in [5.41, 5.74) is 0. The number of thioether (sulfide) groups is 1. The Labute approximate surface area is 113 Å². The molecule has 0 amide bonds. The van der Waals surface area contributed by atoms with Crippen LogP contribution in [-0.4, -0.2) is 37.3 Å². The Bertz CT molecular complexity index is 515. The number of hydrogen-bond donors (Lipinski definition) is 0. The minimum absolute atomic E-state index is 0.137. The molecule has 1 fully saturated rings. The lowest BCUT2D eigenvalue weighted by molar-refractivity contribution is 0.443. The summed E-state index contributed by atoms with van der Waals surface area (Å²) in [6.07, 6.45) is 0. The van der Waals surface area contributed by atoms with E-state index in [2.05, 4.69) is 15.9 Å². The zero-order valence-electron chi connectivity index (χ0n) is 8.90. The van der Waals surface area contributed by atoms with E-state index >= 15 is 0 Å². The van der Waals surface area contributed by atoms with E-state index < -0.39 is 15.8 Å². The van der Waals surface area contributed by atoms with Gasteiger partial charge in [0.2, 0.25) is 10.0 Å². The normalized spacial score (nSPS) is 18.2. The second kappa shape index (κ2) is 5.26. The molecule has 1 aliphatic heterocycles. The lowest BCUT2D eigenvalue weighted by Crippen LogP contribution is -2.37. The topological polar surface area (TPSA) is 37.4 Å². The summed E-state index contributed by atoms with van der Waals surface area (Å²) in [5, 5.41) is 0. The fourth-order valence-corrected chi connectivity index (χ4v) is 4.71. The van der Waals surface area contributed by atoms with E-state index in [0.29, 0.717) is 13.1 Å². The molecular weight excluding hydrogens is 329 g/mol. The van der Waals surface area contributed by atoms with Crippen LogP contribution in [0.3, 0.4) is 0 Å². The van der Waals surface area contributed by atoms with Crippen molar-refractivity contribution in [3.63, 3.8) is 0 Å². The Morgan fingerprint density at radius 1 is 1.29 bits per heavy atom. The maximum absolute atomic E-state index is 13.1. The van der Waals surface area contributed by atoms with Gasteiger partial charge in [0.15, 0.2) is 0 Å². The predicted molar refractivity (Wildman–Crippen MR) is 70.2 cm³/mol. The van der Waals surface area contributed by atoms with Crippen LogP contribution in [0.15, 0.2) is 27.6 Å². The van der Waals surface area contributed by atoms with Gasteiger partial charge in [-0.3, -0.25) is 0 Å². The van der Waals surface area contributed by atoms with E-state index in [1.54, 1.807) is 11.8 Å². The third-order valence-corrected chi connectivity index (χ3v) is 5.94. The largest absolute Gasteiger partial charge is 0.243 e. The molecule has 17 heavy (non-hydrogen) atoms. The quantitative estimate of drug-likeness (QED) is 0.829. The number of nitrogens with zero attached hydrogens (tertiary/aromatic N) is 1. The highest BCUT2D eigenvalue weighted by Crippen LogP contribution is 2.24. The van der Waals surface area contributed by atoms with Crippen LogP contribution < -0.4 is 0 Å². The Hall–Kier alpha value is -0.110. The van der Waals surface area contributed by atoms with Gasteiger partial charge in [0.05, 0.1) is 9.37 Å². The number of benzene rings is 1. The average molecular weight is 340 g/mol. The highest BCUT2D eigenvalue weighted by molar-refractivity contribution is 9.10. The minimum atomic E-state index is -3.48. The van der Waals surface area contributed by atoms with Crippen molar-refractivity contribution in [2.75, 3.05) is 24.6 Å². The average Bonchev–Trinajstić information content (AvgIpc) is 2.33. The van der Waals surface area contributed by atoms with Gasteiger partial charge in [-0.25, -0.2) is 12.8 Å². The van der Waals surface area contributed by atoms with Crippen molar-refractivity contribution in [2.24, 2.45) is 0 Å². The molecule has 0 aromatic heterocycles. The van der Waals surface area contributed by atoms with E-state index in [4.69, 9.17) is 0 Å². The molecule has 7 heteroatoms. The third-order valence-electron chi connectivity index (χ3n) is 2.50. The Morgan fingerprint density at radius 3 is 2.53 bits per heavy atom. The molecule has 0 unspecified atom stereocenters. The summed E-state index contributed by atoms with van der Waals surface area (Å²) in [5.74, 6) is 1.15. The number of hydrogen-bond acceptors (Lipinski definition) is 3. The molecule has 0 bridgehead atoms. The van der Waals surface area contributed by atoms with Crippen molar-refractivity contribution in [3.8, 4) is 0 Å². The molecule has 2 rings (SSSR count). The van der Waals surface area contributed by atoms with Crippen LogP contribution >= 0.6 is 27.7 Å². The van der Waals surface area contributed by atoms with Crippen LogP contribution in [-0.2, 0) is 10.0 Å². The van der Waals surface area contributed by atoms with Crippen molar-refractivity contribution >= 4 is 37.7 Å². The predicted octanol–water partition coefficient (Wildman–Crippen LogP) is 2.33. The summed E-state index contributed by atoms with van der Waals surface area (Å²) in [6.45, 7) is 1.03. The second-order valence-corrected chi connectivity index (χ2v) is 7.61. The SMILES string of the molecule is O=S(=O)(c1ccc(F)c(Br)c1)N1CCSCC1. The standard InChI is InChI=1S/C10H11BrFNO2S2/c11-9-7-8(1-2-10(9)12)17(14,15)13-3-5-16-6-4-13/h1-2,7H,3-6H2. The summed E-state index contributed by atoms with van der Waals surface area (Å²) in [7, 11) is -3.48. The lowest BCUT2D eigenvalue weighted by Gasteiger charge is -2.25. The second-order valence-electron chi connectivity index (χ2n) is 3.59. The molecule has 0 atom stereocenters. The van der Waals surface area contributed by atoms with E-state index in [1.165, 1.54) is 16.4 Å². The van der Waals surface area contributed by atoms with Crippen LogP contribution in [0, 0.1) is 5.82 Å². The van der Waals surface area contributed by atoms with Gasteiger partial charge < -0.3 is 0 Å². The van der Waals surface area contributed by atoms with E-state index in [-0.39, 0.29) is 9.37 Å². The van der Waals surface area contributed by atoms with Gasteiger partial charge in [-0.15, -0.1) is 0 Å². The fraction of sp³-hybridized carbons (Fsp3) is 0.400. The third kappa shape index (κ3) is 2.83. The van der Waals surface area contributed by atoms with Gasteiger partial charge in [0.25, 0.3) is 0 Å². The van der Waals surface area contributed by atoms with Crippen molar-refractivity contribution in [1.82, 2.24) is 4.31 Å². The maximum Gasteiger partial charge on any atom is 0.243 e. The lowest BCUT2D eigenvalue weighted by atomic mass is 10.3. The number of halogens is 2. The monoisotopic (exact) mass is 339 g/mol. The minimum Gasteiger partial charge on any atom is -0.207 e. The van der Waals surface area contributed by atoms with Crippen molar-refractivity contribution < 1.29 is 12.8 Å². The van der Waals surface area contributed by atoms with Crippen molar-refractivity contribution in [1.29, 1.82) is 0 Å². The van der Waals surface area contributed by atoms with Crippen LogP contribution in [0.1, 0.15) is 0 Å². The Balaban J connectivity index is 2.33. The number of sulfonamides is 1. The van der Waals surface area contributed by atoms with Crippen LogP contribution in [0.5, 0.6) is 0 Å². The van der Waals surface area contributed by atoms with Crippen LogP contribution in [0.4, 0.5) is 4.39 Å². The summed E-state index contributed by atoms with van der Waals surface area (Å²) in [4.78, 5) is 0.137. The molecule has 3 nitrogen and oxygen atoms in total. The zero-order chi connectivity index (χ0) is 12.5. The molecule has 94 valence electrons. The maximum atomic E-state index is 13.1. The van der Waals surface area contributed by atoms with Crippen LogP contribution in [0.2, 0.25) is 0 Å². The molecule has 0 radical (unpaired) electrons. The molecule has 1 heterocycles. The first-order valence-electron chi connectivity index (χ1n) is 5.05. The highest BCUT2D eigenvalue weighted by Gasteiger charge is 2.26. The van der Waals surface area contributed by atoms with Crippen LogP contribution in [0.25, 0.3) is 0 Å². The van der Waals surface area contributed by atoms with Crippen molar-refractivity contribution in [2.45, 2.75) is 4.90 Å². The molecule has 1 aromatic rings. The molecule has 1 aliphatic rings. The van der Waals surface area contributed by atoms with Gasteiger partial charge in [0.1, 0.15) is 5.82 Å². The van der Waals surface area contributed by atoms with Gasteiger partial charge in [-0.2, -0.15) is 16.1 Å². The summed E-state index contributed by atoms with van der Waals surface area (Å²) in [6, 6.07) is 3.78. The summed E-state index contributed by atoms with van der Waals surface area (Å²) < 4.78 is 39.1. The van der Waals surface area contributed by atoms with E-state index in [9.17, 15) is 12.8 Å². The van der Waals surface area contributed by atoms with Crippen molar-refractivity contribution in [3.05, 3.63) is 28.5 Å². The molecule has 0 spiro atoms. The van der Waals surface area contributed by atoms with E-state index in [0.717, 1.165) is 17.6 Å². The van der Waals surface area contributed by atoms with E-state index in [1.807, 2.05) is 0 Å². The first kappa shape index (κ1) is 13.3. The van der Waals surface area contributed by atoms with Gasteiger partial charge in [-0.1, -0.05) is 0 Å². The van der Waals surface area contributed by atoms with Gasteiger partial charge >= 0.3 is 0 Å². The molecule has 0 N–H and O–H groups in total. The van der Waals surface area contributed by atoms with Gasteiger partial charge in [0, 0.05) is 24.6 Å². The zero-order valence-corrected chi connectivity index (χ0v) is 12.1. The summed E-state index contributed by atoms with van der Waals surface area (Å²) >= 11 is 4.74. The Kier molecular flexibility index (Phi) is 4.12. The first-order chi connectivity index (χ1) is 8.01. The fourth-order valence-electron chi connectivity index (χ4n) is 1.57. The Morgan fingerprint density at radius 2 is 1.94 bits per heavy atom. The molecule has 0 aliphatic carbocycles. The highest BCUT2D eigenvalue weighted by atomic mass is 79.9.